The number of carboxylic acids is 1. The van der Waals surface area contributed by atoms with E-state index in [0.717, 1.165) is 30.6 Å². The molecule has 6 heteroatoms. The Morgan fingerprint density at radius 1 is 1.24 bits per heavy atom. The second-order valence-electron chi connectivity index (χ2n) is 5.94. The summed E-state index contributed by atoms with van der Waals surface area (Å²) in [5, 5.41) is 13.8. The van der Waals surface area contributed by atoms with Crippen molar-refractivity contribution >= 4 is 11.7 Å². The van der Waals surface area contributed by atoms with Gasteiger partial charge in [-0.15, -0.1) is 0 Å². The maximum atomic E-state index is 13.9. The summed E-state index contributed by atoms with van der Waals surface area (Å²) in [7, 11) is 0. The molecule has 0 saturated heterocycles. The Morgan fingerprint density at radius 3 is 2.84 bits per heavy atom. The number of hydrogen-bond donors (Lipinski definition) is 1. The van der Waals surface area contributed by atoms with Crippen LogP contribution in [0.3, 0.4) is 0 Å². The maximum absolute atomic E-state index is 13.9. The summed E-state index contributed by atoms with van der Waals surface area (Å²) < 4.78 is 19.6. The van der Waals surface area contributed by atoms with Gasteiger partial charge in [-0.3, -0.25) is 0 Å². The number of fused-ring (bicyclic) bond motifs is 1. The van der Waals surface area contributed by atoms with E-state index < -0.39 is 11.8 Å². The molecule has 1 heterocycles. The first-order valence-electron chi connectivity index (χ1n) is 8.08. The van der Waals surface area contributed by atoms with Crippen LogP contribution in [-0.4, -0.2) is 12.5 Å². The monoisotopic (exact) mass is 351 g/mol. The molecule has 4 nitrogen and oxygen atoms in total. The predicted octanol–water partition coefficient (Wildman–Crippen LogP) is -0.551. The molecule has 0 amide bonds. The molecule has 1 N–H and O–H groups in total. The average Bonchev–Trinajstić information content (AvgIpc) is 2.59. The third-order valence-corrected chi connectivity index (χ3v) is 4.14. The van der Waals surface area contributed by atoms with Gasteiger partial charge >= 0.3 is 29.6 Å². The molecule has 1 aliphatic heterocycles. The maximum Gasteiger partial charge on any atom is 1.00 e. The third-order valence-electron chi connectivity index (χ3n) is 4.14. The van der Waals surface area contributed by atoms with Gasteiger partial charge in [-0.1, -0.05) is 18.2 Å². The number of ether oxygens (including phenoxy) is 1. The molecule has 2 aromatic carbocycles. The first-order chi connectivity index (χ1) is 11.6. The van der Waals surface area contributed by atoms with Gasteiger partial charge in [0.1, 0.15) is 18.2 Å². The molecular weight excluding hydrogens is 332 g/mol. The smallest absolute Gasteiger partial charge is 0.550 e. The number of anilines is 1. The Bertz CT molecular complexity index is 751. The van der Waals surface area contributed by atoms with Crippen LogP contribution in [0.2, 0.25) is 0 Å². The molecule has 126 valence electrons. The van der Waals surface area contributed by atoms with E-state index in [1.54, 1.807) is 12.1 Å². The molecule has 0 aromatic heterocycles. The van der Waals surface area contributed by atoms with Crippen LogP contribution in [-0.2, 0) is 24.2 Å². The van der Waals surface area contributed by atoms with E-state index in [1.807, 2.05) is 6.07 Å². The van der Waals surface area contributed by atoms with Crippen LogP contribution < -0.4 is 44.7 Å². The minimum Gasteiger partial charge on any atom is -0.550 e. The summed E-state index contributed by atoms with van der Waals surface area (Å²) in [6.07, 6.45) is 2.15. The summed E-state index contributed by atoms with van der Waals surface area (Å²) in [4.78, 5) is 10.4. The van der Waals surface area contributed by atoms with Gasteiger partial charge in [-0.25, -0.2) is 4.39 Å². The zero-order valence-corrected chi connectivity index (χ0v) is 16.3. The second-order valence-corrected chi connectivity index (χ2v) is 5.94. The quantitative estimate of drug-likeness (QED) is 0.710. The molecule has 1 aliphatic rings. The molecule has 0 atom stereocenters. The standard InChI is InChI=1S/C19H20FNO3.Na/c20-17-11-16(7-5-14(17)6-8-19(22)23)24-12-13-3-4-15-2-1-9-21-18(15)10-13;/h3-5,7,10-11,21H,1-2,6,8-9,12H2,(H,22,23);/q;+1/p-1. The SMILES string of the molecule is O=C([O-])CCc1ccc(OCc2ccc3c(c2)NCCC3)cc1F.[Na+]. The van der Waals surface area contributed by atoms with Crippen molar-refractivity contribution in [1.29, 1.82) is 0 Å². The molecule has 0 saturated carbocycles. The van der Waals surface area contributed by atoms with Gasteiger partial charge in [0.2, 0.25) is 0 Å². The fraction of sp³-hybridized carbons (Fsp3) is 0.316. The van der Waals surface area contributed by atoms with Gasteiger partial charge in [0.05, 0.1) is 0 Å². The summed E-state index contributed by atoms with van der Waals surface area (Å²) in [6, 6.07) is 10.7. The second kappa shape index (κ2) is 9.22. The van der Waals surface area contributed by atoms with E-state index in [0.29, 0.717) is 17.9 Å². The van der Waals surface area contributed by atoms with Crippen molar-refractivity contribution in [1.82, 2.24) is 0 Å². The minimum absolute atomic E-state index is 0. The van der Waals surface area contributed by atoms with Crippen LogP contribution in [0.4, 0.5) is 10.1 Å². The van der Waals surface area contributed by atoms with Crippen molar-refractivity contribution in [2.24, 2.45) is 0 Å². The van der Waals surface area contributed by atoms with Gasteiger partial charge in [0.25, 0.3) is 0 Å². The van der Waals surface area contributed by atoms with Crippen LogP contribution >= 0.6 is 0 Å². The summed E-state index contributed by atoms with van der Waals surface area (Å²) in [5.74, 6) is -1.22. The van der Waals surface area contributed by atoms with E-state index in [2.05, 4.69) is 17.4 Å². The zero-order chi connectivity index (χ0) is 16.9. The molecule has 0 bridgehead atoms. The summed E-state index contributed by atoms with van der Waals surface area (Å²) in [6.45, 7) is 1.34. The molecule has 0 spiro atoms. The van der Waals surface area contributed by atoms with E-state index in [9.17, 15) is 14.3 Å². The van der Waals surface area contributed by atoms with E-state index in [4.69, 9.17) is 4.74 Å². The number of carbonyl (C=O) groups excluding carboxylic acids is 1. The number of carbonyl (C=O) groups is 1. The van der Waals surface area contributed by atoms with Crippen LogP contribution in [0.5, 0.6) is 5.75 Å². The molecule has 2 aromatic rings. The van der Waals surface area contributed by atoms with Gasteiger partial charge in [-0.05, 0) is 54.5 Å². The molecule has 0 aliphatic carbocycles. The Labute approximate surface area is 168 Å². The van der Waals surface area contributed by atoms with Crippen LogP contribution in [0, 0.1) is 5.82 Å². The fourth-order valence-electron chi connectivity index (χ4n) is 2.82. The molecular formula is C19H19FNNaO3. The van der Waals surface area contributed by atoms with E-state index in [-0.39, 0.29) is 42.4 Å². The normalized spacial score (nSPS) is 12.5. The number of halogens is 1. The first-order valence-corrected chi connectivity index (χ1v) is 8.08. The Hall–Kier alpha value is -1.56. The van der Waals surface area contributed by atoms with Gasteiger partial charge in [0.15, 0.2) is 0 Å². The molecule has 0 radical (unpaired) electrons. The van der Waals surface area contributed by atoms with Crippen LogP contribution in [0.25, 0.3) is 0 Å². The van der Waals surface area contributed by atoms with Gasteiger partial charge in [0, 0.05) is 24.3 Å². The molecule has 0 unspecified atom stereocenters. The number of aryl methyl sites for hydroxylation is 2. The molecule has 0 fully saturated rings. The van der Waals surface area contributed by atoms with Crippen LogP contribution in [0.1, 0.15) is 29.5 Å². The van der Waals surface area contributed by atoms with Crippen LogP contribution in [0.15, 0.2) is 36.4 Å². The Morgan fingerprint density at radius 2 is 2.08 bits per heavy atom. The van der Waals surface area contributed by atoms with Gasteiger partial charge in [-0.2, -0.15) is 0 Å². The topological polar surface area (TPSA) is 61.4 Å². The Kier molecular flexibility index (Phi) is 7.29. The van der Waals surface area contributed by atoms with Crippen molar-refractivity contribution in [3.05, 3.63) is 58.9 Å². The minimum atomic E-state index is -1.18. The van der Waals surface area contributed by atoms with E-state index >= 15 is 0 Å². The van der Waals surface area contributed by atoms with E-state index in [1.165, 1.54) is 11.6 Å². The summed E-state index contributed by atoms with van der Waals surface area (Å²) >= 11 is 0. The van der Waals surface area contributed by atoms with Crippen molar-refractivity contribution in [2.45, 2.75) is 32.3 Å². The van der Waals surface area contributed by atoms with Crippen molar-refractivity contribution in [3.8, 4) is 5.75 Å². The van der Waals surface area contributed by atoms with Crippen molar-refractivity contribution < 1.29 is 48.6 Å². The predicted molar refractivity (Wildman–Crippen MR) is 87.3 cm³/mol. The summed E-state index contributed by atoms with van der Waals surface area (Å²) in [5.41, 5.74) is 3.83. The number of carboxylic acid groups (broad SMARTS) is 1. The Balaban J connectivity index is 0.00000225. The van der Waals surface area contributed by atoms with Crippen molar-refractivity contribution in [2.75, 3.05) is 11.9 Å². The third kappa shape index (κ3) is 5.46. The fourth-order valence-corrected chi connectivity index (χ4v) is 2.82. The van der Waals surface area contributed by atoms with Gasteiger partial charge < -0.3 is 20.0 Å². The first kappa shape index (κ1) is 19.8. The number of hydrogen-bond acceptors (Lipinski definition) is 4. The zero-order valence-electron chi connectivity index (χ0n) is 14.3. The molecule has 25 heavy (non-hydrogen) atoms. The average molecular weight is 351 g/mol. The molecule has 3 rings (SSSR count). The number of rotatable bonds is 6. The van der Waals surface area contributed by atoms with Crippen molar-refractivity contribution in [3.63, 3.8) is 0 Å². The number of nitrogens with one attached hydrogen (secondary N) is 1. The largest absolute Gasteiger partial charge is 1.00 e. The number of aliphatic carboxylic acids is 1. The number of benzene rings is 2.